The highest BCUT2D eigenvalue weighted by Crippen LogP contribution is 2.29. The number of guanidine groups is 1. The van der Waals surface area contributed by atoms with Crippen molar-refractivity contribution in [2.24, 2.45) is 4.99 Å². The maximum absolute atomic E-state index is 12.6. The Labute approximate surface area is 151 Å². The lowest BCUT2D eigenvalue weighted by atomic mass is 10.1. The van der Waals surface area contributed by atoms with Crippen LogP contribution in [-0.2, 0) is 11.0 Å². The standard InChI is InChI=1S/C18H23F3N4O/c1-17(2,3)25-15(26)12-24-16(22-4)23-10-6-8-13-7-5-9-14(11-13)18(19,20)21/h5,7,9,11H,10,12H2,1-4H3,(H,25,26)(H2,22,23,24). The summed E-state index contributed by atoms with van der Waals surface area (Å²) in [5.41, 5.74) is -0.791. The van der Waals surface area contributed by atoms with Gasteiger partial charge >= 0.3 is 6.18 Å². The van der Waals surface area contributed by atoms with Gasteiger partial charge in [-0.2, -0.15) is 13.2 Å². The number of nitrogens with zero attached hydrogens (tertiary/aromatic N) is 1. The minimum Gasteiger partial charge on any atom is -0.350 e. The number of hydrogen-bond acceptors (Lipinski definition) is 2. The number of nitrogens with one attached hydrogen (secondary N) is 3. The third kappa shape index (κ3) is 8.42. The van der Waals surface area contributed by atoms with Crippen molar-refractivity contribution in [3.05, 3.63) is 35.4 Å². The summed E-state index contributed by atoms with van der Waals surface area (Å²) >= 11 is 0. The first-order valence-electron chi connectivity index (χ1n) is 7.93. The van der Waals surface area contributed by atoms with Crippen molar-refractivity contribution in [2.45, 2.75) is 32.5 Å². The molecule has 26 heavy (non-hydrogen) atoms. The zero-order valence-electron chi connectivity index (χ0n) is 15.2. The van der Waals surface area contributed by atoms with E-state index in [4.69, 9.17) is 0 Å². The third-order valence-corrected chi connectivity index (χ3v) is 2.92. The fourth-order valence-corrected chi connectivity index (χ4v) is 1.89. The van der Waals surface area contributed by atoms with Crippen molar-refractivity contribution in [3.8, 4) is 11.8 Å². The number of alkyl halides is 3. The quantitative estimate of drug-likeness (QED) is 0.435. The van der Waals surface area contributed by atoms with Gasteiger partial charge in [0.2, 0.25) is 5.91 Å². The van der Waals surface area contributed by atoms with Gasteiger partial charge in [-0.3, -0.25) is 9.79 Å². The molecule has 0 aliphatic heterocycles. The lowest BCUT2D eigenvalue weighted by molar-refractivity contribution is -0.137. The molecule has 0 spiro atoms. The lowest BCUT2D eigenvalue weighted by Gasteiger charge is -2.21. The van der Waals surface area contributed by atoms with Crippen molar-refractivity contribution in [3.63, 3.8) is 0 Å². The number of carbonyl (C=O) groups excluding carboxylic acids is 1. The molecule has 5 nitrogen and oxygen atoms in total. The molecule has 0 aliphatic carbocycles. The van der Waals surface area contributed by atoms with Gasteiger partial charge in [0.25, 0.3) is 0 Å². The van der Waals surface area contributed by atoms with Gasteiger partial charge in [-0.25, -0.2) is 0 Å². The molecule has 0 saturated heterocycles. The van der Waals surface area contributed by atoms with Crippen molar-refractivity contribution in [1.82, 2.24) is 16.0 Å². The number of aliphatic imine (C=N–C) groups is 1. The highest BCUT2D eigenvalue weighted by molar-refractivity contribution is 5.86. The van der Waals surface area contributed by atoms with Crippen molar-refractivity contribution >= 4 is 11.9 Å². The van der Waals surface area contributed by atoms with Crippen molar-refractivity contribution < 1.29 is 18.0 Å². The highest BCUT2D eigenvalue weighted by atomic mass is 19.4. The molecule has 0 fully saturated rings. The highest BCUT2D eigenvalue weighted by Gasteiger charge is 2.30. The van der Waals surface area contributed by atoms with Crippen LogP contribution < -0.4 is 16.0 Å². The summed E-state index contributed by atoms with van der Waals surface area (Å²) < 4.78 is 37.9. The van der Waals surface area contributed by atoms with Crippen LogP contribution >= 0.6 is 0 Å². The SMILES string of the molecule is CN=C(NCC#Cc1cccc(C(F)(F)F)c1)NCC(=O)NC(C)(C)C. The third-order valence-electron chi connectivity index (χ3n) is 2.92. The predicted octanol–water partition coefficient (Wildman–Crippen LogP) is 2.14. The normalized spacial score (nSPS) is 12.0. The number of benzene rings is 1. The van der Waals surface area contributed by atoms with E-state index in [-0.39, 0.29) is 30.1 Å². The minimum absolute atomic E-state index is 0.0397. The maximum Gasteiger partial charge on any atom is 0.416 e. The summed E-state index contributed by atoms with van der Waals surface area (Å²) in [5.74, 6) is 5.56. The fraction of sp³-hybridized carbons (Fsp3) is 0.444. The Balaban J connectivity index is 2.52. The Morgan fingerprint density at radius 3 is 2.46 bits per heavy atom. The van der Waals surface area contributed by atoms with Gasteiger partial charge in [0.05, 0.1) is 18.7 Å². The molecular weight excluding hydrogens is 345 g/mol. The molecule has 8 heteroatoms. The average molecular weight is 368 g/mol. The summed E-state index contributed by atoms with van der Waals surface area (Å²) in [6.45, 7) is 5.83. The molecule has 142 valence electrons. The van der Waals surface area contributed by atoms with E-state index in [0.29, 0.717) is 5.96 Å². The Hall–Kier alpha value is -2.69. The van der Waals surface area contributed by atoms with Gasteiger partial charge in [-0.05, 0) is 39.0 Å². The number of halogens is 3. The van der Waals surface area contributed by atoms with Crippen LogP contribution in [0.15, 0.2) is 29.3 Å². The van der Waals surface area contributed by atoms with E-state index in [1.807, 2.05) is 20.8 Å². The molecule has 0 aromatic heterocycles. The van der Waals surface area contributed by atoms with Crippen LogP contribution in [0.2, 0.25) is 0 Å². The molecule has 0 radical (unpaired) electrons. The second-order valence-corrected chi connectivity index (χ2v) is 6.46. The van der Waals surface area contributed by atoms with Crippen LogP contribution in [0, 0.1) is 11.8 Å². The topological polar surface area (TPSA) is 65.5 Å². The smallest absolute Gasteiger partial charge is 0.350 e. The molecule has 0 aliphatic rings. The number of rotatable bonds is 3. The van der Waals surface area contributed by atoms with Crippen LogP contribution in [0.1, 0.15) is 31.9 Å². The summed E-state index contributed by atoms with van der Waals surface area (Å²) in [7, 11) is 1.54. The zero-order chi connectivity index (χ0) is 19.8. The molecule has 0 saturated carbocycles. The first kappa shape index (κ1) is 21.4. The van der Waals surface area contributed by atoms with E-state index in [2.05, 4.69) is 32.8 Å². The van der Waals surface area contributed by atoms with E-state index in [1.165, 1.54) is 19.2 Å². The van der Waals surface area contributed by atoms with Gasteiger partial charge in [-0.1, -0.05) is 17.9 Å². The summed E-state index contributed by atoms with van der Waals surface area (Å²) in [5, 5.41) is 8.50. The van der Waals surface area contributed by atoms with Crippen LogP contribution in [0.25, 0.3) is 0 Å². The van der Waals surface area contributed by atoms with Crippen LogP contribution in [0.4, 0.5) is 13.2 Å². The summed E-state index contributed by atoms with van der Waals surface area (Å²) in [6, 6.07) is 4.81. The van der Waals surface area contributed by atoms with Gasteiger partial charge in [-0.15, -0.1) is 0 Å². The molecule has 0 heterocycles. The number of hydrogen-bond donors (Lipinski definition) is 3. The van der Waals surface area contributed by atoms with Gasteiger partial charge in [0, 0.05) is 18.2 Å². The Kier molecular flexibility index (Phi) is 7.50. The molecule has 1 aromatic rings. The fourth-order valence-electron chi connectivity index (χ4n) is 1.89. The van der Waals surface area contributed by atoms with Gasteiger partial charge < -0.3 is 16.0 Å². The summed E-state index contributed by atoms with van der Waals surface area (Å²) in [4.78, 5) is 15.7. The molecule has 1 amide bonds. The Bertz CT molecular complexity index is 710. The van der Waals surface area contributed by atoms with E-state index in [0.717, 1.165) is 12.1 Å². The molecule has 0 unspecified atom stereocenters. The molecule has 0 atom stereocenters. The van der Waals surface area contributed by atoms with Crippen molar-refractivity contribution in [1.29, 1.82) is 0 Å². The summed E-state index contributed by atoms with van der Waals surface area (Å²) in [6.07, 6.45) is -4.39. The molecule has 3 N–H and O–H groups in total. The van der Waals surface area contributed by atoms with Gasteiger partial charge in [0.1, 0.15) is 0 Å². The van der Waals surface area contributed by atoms with Crippen LogP contribution in [0.3, 0.4) is 0 Å². The second kappa shape index (κ2) is 9.13. The van der Waals surface area contributed by atoms with E-state index in [1.54, 1.807) is 0 Å². The molecular formula is C18H23F3N4O. The number of amides is 1. The number of carbonyl (C=O) groups is 1. The first-order valence-corrected chi connectivity index (χ1v) is 7.93. The second-order valence-electron chi connectivity index (χ2n) is 6.46. The van der Waals surface area contributed by atoms with E-state index >= 15 is 0 Å². The maximum atomic E-state index is 12.6. The monoisotopic (exact) mass is 368 g/mol. The average Bonchev–Trinajstić information content (AvgIpc) is 2.52. The van der Waals surface area contributed by atoms with E-state index in [9.17, 15) is 18.0 Å². The van der Waals surface area contributed by atoms with Crippen molar-refractivity contribution in [2.75, 3.05) is 20.1 Å². The minimum atomic E-state index is -4.39. The molecule has 1 aromatic carbocycles. The first-order chi connectivity index (χ1) is 12.0. The largest absolute Gasteiger partial charge is 0.416 e. The molecule has 1 rings (SSSR count). The Morgan fingerprint density at radius 1 is 1.19 bits per heavy atom. The Morgan fingerprint density at radius 2 is 1.88 bits per heavy atom. The lowest BCUT2D eigenvalue weighted by Crippen LogP contribution is -2.48. The predicted molar refractivity (Wildman–Crippen MR) is 95.6 cm³/mol. The molecule has 0 bridgehead atoms. The zero-order valence-corrected chi connectivity index (χ0v) is 15.2. The van der Waals surface area contributed by atoms with Crippen LogP contribution in [0.5, 0.6) is 0 Å². The van der Waals surface area contributed by atoms with Crippen LogP contribution in [-0.4, -0.2) is 37.5 Å². The van der Waals surface area contributed by atoms with E-state index < -0.39 is 11.7 Å². The van der Waals surface area contributed by atoms with Gasteiger partial charge in [0.15, 0.2) is 5.96 Å².